The Labute approximate surface area is 184 Å². The van der Waals surface area contributed by atoms with E-state index in [1.54, 1.807) is 19.4 Å². The van der Waals surface area contributed by atoms with Crippen LogP contribution in [0.4, 0.5) is 5.69 Å². The minimum absolute atomic E-state index is 0.608. The fourth-order valence-electron chi connectivity index (χ4n) is 4.21. The highest BCUT2D eigenvalue weighted by molar-refractivity contribution is 5.98. The summed E-state index contributed by atoms with van der Waals surface area (Å²) in [6.07, 6.45) is 7.41. The summed E-state index contributed by atoms with van der Waals surface area (Å²) in [4.78, 5) is 4.44. The predicted molar refractivity (Wildman–Crippen MR) is 129 cm³/mol. The SMILES string of the molecule is COc1cc(N)c2nccc(C)c2c1OCCCCCCc1cccc2ccccc12. The van der Waals surface area contributed by atoms with Crippen molar-refractivity contribution in [1.29, 1.82) is 0 Å². The Morgan fingerprint density at radius 1 is 0.935 bits per heavy atom. The number of nitrogens with zero attached hydrogens (tertiary/aromatic N) is 1. The third-order valence-electron chi connectivity index (χ3n) is 5.86. The number of ether oxygens (including phenoxy) is 2. The molecule has 1 aromatic heterocycles. The topological polar surface area (TPSA) is 57.4 Å². The van der Waals surface area contributed by atoms with Gasteiger partial charge in [-0.3, -0.25) is 4.98 Å². The molecule has 4 nitrogen and oxygen atoms in total. The maximum absolute atomic E-state index is 6.18. The van der Waals surface area contributed by atoms with Crippen molar-refractivity contribution in [3.05, 3.63) is 71.9 Å². The van der Waals surface area contributed by atoms with Gasteiger partial charge in [0.25, 0.3) is 0 Å². The summed E-state index contributed by atoms with van der Waals surface area (Å²) in [5.41, 5.74) is 10.1. The number of benzene rings is 3. The maximum atomic E-state index is 6.18. The molecule has 0 bridgehead atoms. The van der Waals surface area contributed by atoms with Gasteiger partial charge in [0, 0.05) is 12.3 Å². The number of fused-ring (bicyclic) bond motifs is 2. The van der Waals surface area contributed by atoms with E-state index in [-0.39, 0.29) is 0 Å². The van der Waals surface area contributed by atoms with Gasteiger partial charge in [0.05, 0.1) is 30.3 Å². The van der Waals surface area contributed by atoms with Crippen LogP contribution in [0.25, 0.3) is 21.7 Å². The van der Waals surface area contributed by atoms with Gasteiger partial charge < -0.3 is 15.2 Å². The molecular weight excluding hydrogens is 384 g/mol. The van der Waals surface area contributed by atoms with Crippen LogP contribution in [0.3, 0.4) is 0 Å². The van der Waals surface area contributed by atoms with Crippen molar-refractivity contribution in [3.8, 4) is 11.5 Å². The zero-order valence-electron chi connectivity index (χ0n) is 18.4. The van der Waals surface area contributed by atoms with Crippen molar-refractivity contribution in [2.45, 2.75) is 39.0 Å². The molecule has 0 radical (unpaired) electrons. The molecule has 4 heteroatoms. The maximum Gasteiger partial charge on any atom is 0.170 e. The molecule has 31 heavy (non-hydrogen) atoms. The highest BCUT2D eigenvalue weighted by Crippen LogP contribution is 2.40. The third-order valence-corrected chi connectivity index (χ3v) is 5.86. The number of unbranched alkanes of at least 4 members (excludes halogenated alkanes) is 3. The van der Waals surface area contributed by atoms with Gasteiger partial charge in [-0.05, 0) is 54.2 Å². The van der Waals surface area contributed by atoms with Crippen LogP contribution in [0.5, 0.6) is 11.5 Å². The first kappa shape index (κ1) is 21.0. The number of methoxy groups -OCH3 is 1. The van der Waals surface area contributed by atoms with Gasteiger partial charge in [-0.1, -0.05) is 55.3 Å². The van der Waals surface area contributed by atoms with E-state index in [1.165, 1.54) is 29.2 Å². The largest absolute Gasteiger partial charge is 0.493 e. The third kappa shape index (κ3) is 4.58. The van der Waals surface area contributed by atoms with E-state index < -0.39 is 0 Å². The van der Waals surface area contributed by atoms with Crippen molar-refractivity contribution in [1.82, 2.24) is 4.98 Å². The molecule has 0 atom stereocenters. The molecule has 4 aromatic rings. The Morgan fingerprint density at radius 3 is 2.61 bits per heavy atom. The van der Waals surface area contributed by atoms with Crippen LogP contribution in [0.1, 0.15) is 36.8 Å². The summed E-state index contributed by atoms with van der Waals surface area (Å²) in [5, 5.41) is 3.64. The first-order chi connectivity index (χ1) is 15.2. The van der Waals surface area contributed by atoms with Crippen molar-refractivity contribution >= 4 is 27.4 Å². The van der Waals surface area contributed by atoms with E-state index in [9.17, 15) is 0 Å². The smallest absolute Gasteiger partial charge is 0.170 e. The van der Waals surface area contributed by atoms with Gasteiger partial charge >= 0.3 is 0 Å². The fraction of sp³-hybridized carbons (Fsp3) is 0.296. The summed E-state index contributed by atoms with van der Waals surface area (Å²) >= 11 is 0. The summed E-state index contributed by atoms with van der Waals surface area (Å²) < 4.78 is 11.7. The molecule has 0 unspecified atom stereocenters. The average Bonchev–Trinajstić information content (AvgIpc) is 2.79. The molecular formula is C27H30N2O2. The Kier molecular flexibility index (Phi) is 6.56. The van der Waals surface area contributed by atoms with Gasteiger partial charge in [-0.15, -0.1) is 0 Å². The number of hydrogen-bond donors (Lipinski definition) is 1. The lowest BCUT2D eigenvalue weighted by Gasteiger charge is -2.16. The van der Waals surface area contributed by atoms with Crippen LogP contribution in [-0.2, 0) is 6.42 Å². The lowest BCUT2D eigenvalue weighted by molar-refractivity contribution is 0.288. The van der Waals surface area contributed by atoms with Crippen molar-refractivity contribution < 1.29 is 9.47 Å². The highest BCUT2D eigenvalue weighted by Gasteiger charge is 2.15. The normalized spacial score (nSPS) is 11.2. The van der Waals surface area contributed by atoms with Gasteiger partial charge in [-0.25, -0.2) is 0 Å². The first-order valence-electron chi connectivity index (χ1n) is 11.0. The predicted octanol–water partition coefficient (Wildman–Crippen LogP) is 6.47. The molecule has 0 aliphatic carbocycles. The summed E-state index contributed by atoms with van der Waals surface area (Å²) in [6.45, 7) is 2.70. The van der Waals surface area contributed by atoms with Crippen LogP contribution < -0.4 is 15.2 Å². The number of anilines is 1. The second kappa shape index (κ2) is 9.69. The monoisotopic (exact) mass is 414 g/mol. The summed E-state index contributed by atoms with van der Waals surface area (Å²) in [5.74, 6) is 1.41. The zero-order chi connectivity index (χ0) is 21.6. The van der Waals surface area contributed by atoms with Crippen LogP contribution in [-0.4, -0.2) is 18.7 Å². The van der Waals surface area contributed by atoms with E-state index in [0.717, 1.165) is 41.5 Å². The second-order valence-corrected chi connectivity index (χ2v) is 8.00. The van der Waals surface area contributed by atoms with Gasteiger partial charge in [-0.2, -0.15) is 0 Å². The van der Waals surface area contributed by atoms with Crippen LogP contribution >= 0.6 is 0 Å². The van der Waals surface area contributed by atoms with E-state index in [4.69, 9.17) is 15.2 Å². The van der Waals surface area contributed by atoms with Gasteiger partial charge in [0.15, 0.2) is 11.5 Å². The lowest BCUT2D eigenvalue weighted by atomic mass is 9.99. The molecule has 0 saturated carbocycles. The summed E-state index contributed by atoms with van der Waals surface area (Å²) in [6, 6.07) is 19.0. The van der Waals surface area contributed by atoms with Crippen LogP contribution in [0.15, 0.2) is 60.8 Å². The molecule has 0 fully saturated rings. The van der Waals surface area contributed by atoms with Crippen molar-refractivity contribution in [2.24, 2.45) is 0 Å². The minimum atomic E-state index is 0.608. The molecule has 0 amide bonds. The Morgan fingerprint density at radius 2 is 1.74 bits per heavy atom. The molecule has 2 N–H and O–H groups in total. The van der Waals surface area contributed by atoms with Crippen molar-refractivity contribution in [2.75, 3.05) is 19.5 Å². The number of hydrogen-bond acceptors (Lipinski definition) is 4. The van der Waals surface area contributed by atoms with E-state index >= 15 is 0 Å². The Balaban J connectivity index is 1.31. The molecule has 0 spiro atoms. The average molecular weight is 415 g/mol. The fourth-order valence-corrected chi connectivity index (χ4v) is 4.21. The van der Waals surface area contributed by atoms with E-state index in [2.05, 4.69) is 47.4 Å². The van der Waals surface area contributed by atoms with Crippen molar-refractivity contribution in [3.63, 3.8) is 0 Å². The zero-order valence-corrected chi connectivity index (χ0v) is 18.4. The van der Waals surface area contributed by atoms with Gasteiger partial charge in [0.2, 0.25) is 0 Å². The molecule has 1 heterocycles. The molecule has 4 rings (SSSR count). The molecule has 3 aromatic carbocycles. The van der Waals surface area contributed by atoms with Crippen LogP contribution in [0.2, 0.25) is 0 Å². The highest BCUT2D eigenvalue weighted by atomic mass is 16.5. The number of aryl methyl sites for hydroxylation is 2. The summed E-state index contributed by atoms with van der Waals surface area (Å²) in [7, 11) is 1.65. The van der Waals surface area contributed by atoms with E-state index in [0.29, 0.717) is 18.0 Å². The van der Waals surface area contributed by atoms with Gasteiger partial charge in [0.1, 0.15) is 0 Å². The number of nitrogen functional groups attached to an aromatic ring is 1. The lowest BCUT2D eigenvalue weighted by Crippen LogP contribution is -2.03. The number of rotatable bonds is 9. The number of nitrogens with two attached hydrogens (primary N) is 1. The minimum Gasteiger partial charge on any atom is -0.493 e. The molecule has 0 aliphatic heterocycles. The van der Waals surface area contributed by atoms with Crippen LogP contribution in [0, 0.1) is 6.92 Å². The standard InChI is InChI=1S/C27H30N2O2/c1-19-15-16-29-26-23(28)18-24(30-2)27(25(19)26)31-17-8-4-3-5-10-20-12-9-13-21-11-6-7-14-22(20)21/h6-7,9,11-16,18H,3-5,8,10,17,28H2,1-2H3. The molecule has 0 aliphatic rings. The Bertz CT molecular complexity index is 1180. The number of aromatic nitrogens is 1. The molecule has 160 valence electrons. The second-order valence-electron chi connectivity index (χ2n) is 8.00. The molecule has 0 saturated heterocycles. The van der Waals surface area contributed by atoms with E-state index in [1.807, 2.05) is 13.0 Å². The Hall–Kier alpha value is -3.27. The first-order valence-corrected chi connectivity index (χ1v) is 11.0. The quantitative estimate of drug-likeness (QED) is 0.252. The number of pyridine rings is 1.